The Balaban J connectivity index is 1.91. The van der Waals surface area contributed by atoms with Crippen molar-refractivity contribution < 1.29 is 0 Å². The van der Waals surface area contributed by atoms with Crippen LogP contribution in [0.25, 0.3) is 0 Å². The summed E-state index contributed by atoms with van der Waals surface area (Å²) < 4.78 is 0. The summed E-state index contributed by atoms with van der Waals surface area (Å²) in [6, 6.07) is 0. The van der Waals surface area contributed by atoms with Crippen molar-refractivity contribution in [1.82, 2.24) is 5.32 Å². The van der Waals surface area contributed by atoms with Gasteiger partial charge in [-0.25, -0.2) is 0 Å². The van der Waals surface area contributed by atoms with E-state index < -0.39 is 0 Å². The Bertz CT molecular complexity index is 201. The van der Waals surface area contributed by atoms with Crippen LogP contribution >= 0.6 is 0 Å². The molecule has 2 heteroatoms. The maximum Gasteiger partial charge on any atom is 0.0309 e. The molecule has 0 saturated heterocycles. The molecule has 2 aliphatic carbocycles. The van der Waals surface area contributed by atoms with Gasteiger partial charge in [0.1, 0.15) is 0 Å². The van der Waals surface area contributed by atoms with Gasteiger partial charge in [-0.15, -0.1) is 0 Å². The third kappa shape index (κ3) is 2.94. The van der Waals surface area contributed by atoms with Gasteiger partial charge in [-0.3, -0.25) is 0 Å². The summed E-state index contributed by atoms with van der Waals surface area (Å²) in [5.74, 6) is 2.63. The molecule has 0 aliphatic heterocycles. The molecule has 2 nitrogen and oxygen atoms in total. The molecule has 2 unspecified atom stereocenters. The van der Waals surface area contributed by atoms with E-state index in [2.05, 4.69) is 19.2 Å². The van der Waals surface area contributed by atoms with Crippen molar-refractivity contribution >= 4 is 0 Å². The van der Waals surface area contributed by atoms with Crippen LogP contribution in [0.1, 0.15) is 46.0 Å². The van der Waals surface area contributed by atoms with Crippen molar-refractivity contribution in [2.75, 3.05) is 13.1 Å². The van der Waals surface area contributed by atoms with E-state index in [-0.39, 0.29) is 5.54 Å². The first-order valence-electron chi connectivity index (χ1n) is 6.58. The van der Waals surface area contributed by atoms with Crippen molar-refractivity contribution in [1.29, 1.82) is 0 Å². The fourth-order valence-corrected chi connectivity index (χ4v) is 3.34. The van der Waals surface area contributed by atoms with Gasteiger partial charge in [0.25, 0.3) is 0 Å². The third-order valence-corrected chi connectivity index (χ3v) is 4.14. The summed E-state index contributed by atoms with van der Waals surface area (Å²) >= 11 is 0. The third-order valence-electron chi connectivity index (χ3n) is 4.14. The van der Waals surface area contributed by atoms with Gasteiger partial charge in [0.2, 0.25) is 0 Å². The molecule has 2 saturated carbocycles. The monoisotopic (exact) mass is 210 g/mol. The van der Waals surface area contributed by atoms with Crippen molar-refractivity contribution in [2.45, 2.75) is 51.5 Å². The fourth-order valence-electron chi connectivity index (χ4n) is 3.34. The molecule has 0 bridgehead atoms. The Labute approximate surface area is 94.0 Å². The van der Waals surface area contributed by atoms with Crippen molar-refractivity contribution in [3.63, 3.8) is 0 Å². The zero-order valence-corrected chi connectivity index (χ0v) is 10.3. The van der Waals surface area contributed by atoms with Crippen LogP contribution in [-0.4, -0.2) is 18.6 Å². The van der Waals surface area contributed by atoms with Gasteiger partial charge in [0.05, 0.1) is 0 Å². The predicted molar refractivity (Wildman–Crippen MR) is 64.7 cm³/mol. The smallest absolute Gasteiger partial charge is 0.0309 e. The molecule has 2 fully saturated rings. The van der Waals surface area contributed by atoms with Crippen LogP contribution in [0, 0.1) is 17.8 Å². The minimum Gasteiger partial charge on any atom is -0.329 e. The number of hydrogen-bond donors (Lipinski definition) is 2. The van der Waals surface area contributed by atoms with E-state index in [0.29, 0.717) is 0 Å². The van der Waals surface area contributed by atoms with Gasteiger partial charge in [-0.2, -0.15) is 0 Å². The Morgan fingerprint density at radius 3 is 2.27 bits per heavy atom. The standard InChI is InChI=1S/C13H26N2/c1-10-5-11(2)7-13(6-10,9-14)15-8-12-3-4-12/h10-12,15H,3-9,14H2,1-2H3. The second-order valence-corrected chi connectivity index (χ2v) is 6.16. The summed E-state index contributed by atoms with van der Waals surface area (Å²) in [5.41, 5.74) is 6.27. The largest absolute Gasteiger partial charge is 0.329 e. The van der Waals surface area contributed by atoms with Crippen LogP contribution in [0.3, 0.4) is 0 Å². The second-order valence-electron chi connectivity index (χ2n) is 6.16. The molecule has 0 spiro atoms. The number of rotatable bonds is 4. The molecule has 3 N–H and O–H groups in total. The lowest BCUT2D eigenvalue weighted by molar-refractivity contribution is 0.149. The van der Waals surface area contributed by atoms with Gasteiger partial charge >= 0.3 is 0 Å². The van der Waals surface area contributed by atoms with Crippen LogP contribution in [-0.2, 0) is 0 Å². The average Bonchev–Trinajstić information content (AvgIpc) is 2.97. The Morgan fingerprint density at radius 2 is 1.80 bits per heavy atom. The van der Waals surface area contributed by atoms with Crippen LogP contribution in [0.2, 0.25) is 0 Å². The Hall–Kier alpha value is -0.0800. The van der Waals surface area contributed by atoms with E-state index in [9.17, 15) is 0 Å². The Kier molecular flexibility index (Phi) is 3.36. The number of nitrogens with two attached hydrogens (primary N) is 1. The molecule has 0 aromatic rings. The summed E-state index contributed by atoms with van der Waals surface area (Å²) in [4.78, 5) is 0. The van der Waals surface area contributed by atoms with E-state index >= 15 is 0 Å². The molecule has 2 rings (SSSR count). The highest BCUT2D eigenvalue weighted by Gasteiger charge is 2.37. The average molecular weight is 210 g/mol. The normalized spacial score (nSPS) is 41.8. The van der Waals surface area contributed by atoms with Gasteiger partial charge in [-0.05, 0) is 56.4 Å². The molecular formula is C13H26N2. The van der Waals surface area contributed by atoms with Gasteiger partial charge in [0, 0.05) is 12.1 Å². The summed E-state index contributed by atoms with van der Waals surface area (Å²) in [5, 5.41) is 3.78. The zero-order valence-electron chi connectivity index (χ0n) is 10.3. The molecule has 0 aromatic carbocycles. The second kappa shape index (κ2) is 4.42. The first-order chi connectivity index (χ1) is 7.13. The molecule has 0 amide bonds. The molecule has 0 aromatic heterocycles. The van der Waals surface area contributed by atoms with Crippen LogP contribution in [0.15, 0.2) is 0 Å². The molecular weight excluding hydrogens is 184 g/mol. The van der Waals surface area contributed by atoms with E-state index in [1.54, 1.807) is 0 Å². The van der Waals surface area contributed by atoms with Gasteiger partial charge in [-0.1, -0.05) is 13.8 Å². The zero-order chi connectivity index (χ0) is 10.9. The van der Waals surface area contributed by atoms with Crippen molar-refractivity contribution in [3.05, 3.63) is 0 Å². The SMILES string of the molecule is CC1CC(C)CC(CN)(NCC2CC2)C1. The number of hydrogen-bond acceptors (Lipinski definition) is 2. The maximum atomic E-state index is 6.01. The fraction of sp³-hybridized carbons (Fsp3) is 1.00. The molecule has 0 heterocycles. The summed E-state index contributed by atoms with van der Waals surface area (Å²) in [6.45, 7) is 6.77. The minimum atomic E-state index is 0.264. The predicted octanol–water partition coefficient (Wildman–Crippen LogP) is 2.14. The molecule has 88 valence electrons. The van der Waals surface area contributed by atoms with E-state index in [0.717, 1.165) is 24.3 Å². The van der Waals surface area contributed by atoms with Crippen molar-refractivity contribution in [2.24, 2.45) is 23.5 Å². The molecule has 2 atom stereocenters. The lowest BCUT2D eigenvalue weighted by Crippen LogP contribution is -2.55. The lowest BCUT2D eigenvalue weighted by Gasteiger charge is -2.43. The first-order valence-corrected chi connectivity index (χ1v) is 6.58. The van der Waals surface area contributed by atoms with E-state index in [1.165, 1.54) is 38.6 Å². The van der Waals surface area contributed by atoms with E-state index in [1.807, 2.05) is 0 Å². The minimum absolute atomic E-state index is 0.264. The first kappa shape index (κ1) is 11.4. The lowest BCUT2D eigenvalue weighted by atomic mass is 9.71. The van der Waals surface area contributed by atoms with Crippen molar-refractivity contribution in [3.8, 4) is 0 Å². The van der Waals surface area contributed by atoms with Crippen LogP contribution in [0.4, 0.5) is 0 Å². The molecule has 2 aliphatic rings. The quantitative estimate of drug-likeness (QED) is 0.746. The van der Waals surface area contributed by atoms with E-state index in [4.69, 9.17) is 5.73 Å². The summed E-state index contributed by atoms with van der Waals surface area (Å²) in [6.07, 6.45) is 6.80. The highest BCUT2D eigenvalue weighted by molar-refractivity contribution is 4.96. The van der Waals surface area contributed by atoms with Gasteiger partial charge in [0.15, 0.2) is 0 Å². The van der Waals surface area contributed by atoms with Gasteiger partial charge < -0.3 is 11.1 Å². The summed E-state index contributed by atoms with van der Waals surface area (Å²) in [7, 11) is 0. The Morgan fingerprint density at radius 1 is 1.20 bits per heavy atom. The van der Waals surface area contributed by atoms with Crippen LogP contribution < -0.4 is 11.1 Å². The number of nitrogens with one attached hydrogen (secondary N) is 1. The van der Waals surface area contributed by atoms with Crippen LogP contribution in [0.5, 0.6) is 0 Å². The highest BCUT2D eigenvalue weighted by Crippen LogP contribution is 2.36. The highest BCUT2D eigenvalue weighted by atomic mass is 15.0. The molecule has 15 heavy (non-hydrogen) atoms. The maximum absolute atomic E-state index is 6.01. The topological polar surface area (TPSA) is 38.0 Å². The molecule has 0 radical (unpaired) electrons.